The number of nitrogens with zero attached hydrogens (tertiary/aromatic N) is 1. The van der Waals surface area contributed by atoms with Crippen LogP contribution in [0.1, 0.15) is 30.9 Å². The highest BCUT2D eigenvalue weighted by atomic mass is 32.2. The normalized spacial score (nSPS) is 18.9. The van der Waals surface area contributed by atoms with Gasteiger partial charge in [-0.25, -0.2) is 0 Å². The number of ether oxygens (including phenoxy) is 3. The Labute approximate surface area is 214 Å². The molecule has 2 aromatic carbocycles. The van der Waals surface area contributed by atoms with Crippen LogP contribution in [0.3, 0.4) is 0 Å². The van der Waals surface area contributed by atoms with Crippen molar-refractivity contribution in [1.82, 2.24) is 4.90 Å². The first-order valence-corrected chi connectivity index (χ1v) is 12.8. The van der Waals surface area contributed by atoms with Crippen LogP contribution in [0, 0.1) is 0 Å². The lowest BCUT2D eigenvalue weighted by atomic mass is 10.1. The summed E-state index contributed by atoms with van der Waals surface area (Å²) in [6.07, 6.45) is 4.60. The average Bonchev–Trinajstić information content (AvgIpc) is 3.47. The van der Waals surface area contributed by atoms with Gasteiger partial charge in [-0.1, -0.05) is 55.2 Å². The van der Waals surface area contributed by atoms with Crippen molar-refractivity contribution in [3.05, 3.63) is 58.5 Å². The van der Waals surface area contributed by atoms with E-state index in [1.165, 1.54) is 18.9 Å². The summed E-state index contributed by atoms with van der Waals surface area (Å²) in [5, 5.41) is 2.89. The third-order valence-electron chi connectivity index (χ3n) is 5.80. The second-order valence-electron chi connectivity index (χ2n) is 8.19. The van der Waals surface area contributed by atoms with Gasteiger partial charge in [-0.05, 0) is 54.7 Å². The molecule has 0 spiro atoms. The van der Waals surface area contributed by atoms with Crippen LogP contribution in [0.5, 0.6) is 11.5 Å². The predicted octanol–water partition coefficient (Wildman–Crippen LogP) is 4.66. The Hall–Kier alpha value is -2.88. The van der Waals surface area contributed by atoms with Crippen molar-refractivity contribution in [3.8, 4) is 11.5 Å². The van der Waals surface area contributed by atoms with E-state index in [1.54, 1.807) is 23.1 Å². The van der Waals surface area contributed by atoms with Gasteiger partial charge in [-0.15, -0.1) is 0 Å². The molecule has 2 aromatic rings. The topological polar surface area (TPSA) is 77.1 Å². The van der Waals surface area contributed by atoms with Crippen LogP contribution >= 0.6 is 24.0 Å². The van der Waals surface area contributed by atoms with E-state index < -0.39 is 0 Å². The van der Waals surface area contributed by atoms with E-state index in [1.807, 2.05) is 37.3 Å². The fourth-order valence-corrected chi connectivity index (χ4v) is 5.25. The van der Waals surface area contributed by atoms with Gasteiger partial charge in [0.1, 0.15) is 4.32 Å². The fraction of sp³-hybridized carbons (Fsp3) is 0.346. The fourth-order valence-electron chi connectivity index (χ4n) is 3.97. The molecule has 0 radical (unpaired) electrons. The molecule has 2 aliphatic rings. The monoisotopic (exact) mass is 512 g/mol. The highest BCUT2D eigenvalue weighted by molar-refractivity contribution is 8.26. The summed E-state index contributed by atoms with van der Waals surface area (Å²) in [4.78, 5) is 27.5. The van der Waals surface area contributed by atoms with Gasteiger partial charge < -0.3 is 19.5 Å². The van der Waals surface area contributed by atoms with Gasteiger partial charge in [0.25, 0.3) is 11.8 Å². The van der Waals surface area contributed by atoms with Gasteiger partial charge in [-0.3, -0.25) is 14.5 Å². The minimum Gasteiger partial charge on any atom is -0.493 e. The van der Waals surface area contributed by atoms with E-state index in [0.29, 0.717) is 27.3 Å². The summed E-state index contributed by atoms with van der Waals surface area (Å²) in [5.74, 6) is 0.538. The van der Waals surface area contributed by atoms with Crippen LogP contribution < -0.4 is 14.8 Å². The number of carbonyl (C=O) groups is 2. The molecule has 35 heavy (non-hydrogen) atoms. The molecule has 2 amide bonds. The number of rotatable bonds is 9. The summed E-state index contributed by atoms with van der Waals surface area (Å²) in [6.45, 7) is 3.10. The van der Waals surface area contributed by atoms with Crippen LogP contribution in [0.2, 0.25) is 0 Å². The lowest BCUT2D eigenvalue weighted by Gasteiger charge is -2.18. The highest BCUT2D eigenvalue weighted by Gasteiger charge is 2.34. The zero-order chi connectivity index (χ0) is 24.8. The van der Waals surface area contributed by atoms with Crippen molar-refractivity contribution in [3.63, 3.8) is 0 Å². The molecule has 2 heterocycles. The zero-order valence-electron chi connectivity index (χ0n) is 19.7. The first kappa shape index (κ1) is 25.2. The lowest BCUT2D eigenvalue weighted by molar-refractivity contribution is -0.123. The number of aryl methyl sites for hydroxylation is 1. The molecule has 0 unspecified atom stereocenters. The third kappa shape index (κ3) is 6.22. The van der Waals surface area contributed by atoms with Gasteiger partial charge in [0.05, 0.1) is 24.7 Å². The molecule has 1 N–H and O–H groups in total. The first-order valence-electron chi connectivity index (χ1n) is 11.5. The minimum atomic E-state index is -0.257. The Kier molecular flexibility index (Phi) is 8.43. The van der Waals surface area contributed by atoms with Gasteiger partial charge in [0.15, 0.2) is 18.1 Å². The Morgan fingerprint density at radius 3 is 2.86 bits per heavy atom. The maximum Gasteiger partial charge on any atom is 0.266 e. The number of nitrogens with one attached hydrogen (secondary N) is 1. The number of methoxy groups -OCH3 is 1. The molecule has 4 rings (SSSR count). The quantitative estimate of drug-likeness (QED) is 0.387. The smallest absolute Gasteiger partial charge is 0.266 e. The number of para-hydroxylation sites is 1. The molecule has 1 atom stereocenters. The summed E-state index contributed by atoms with van der Waals surface area (Å²) in [5.41, 5.74) is 2.61. The molecule has 184 valence electrons. The molecule has 0 saturated carbocycles. The van der Waals surface area contributed by atoms with Crippen LogP contribution in [-0.2, 0) is 20.7 Å². The Bertz CT molecular complexity index is 1140. The first-order chi connectivity index (χ1) is 17.0. The number of benzene rings is 2. The number of thiocarbonyl (C=S) groups is 1. The van der Waals surface area contributed by atoms with E-state index in [2.05, 4.69) is 5.32 Å². The molecule has 7 nitrogen and oxygen atoms in total. The molecule has 2 fully saturated rings. The van der Waals surface area contributed by atoms with Crippen molar-refractivity contribution in [2.45, 2.75) is 32.3 Å². The number of amides is 2. The Morgan fingerprint density at radius 2 is 2.11 bits per heavy atom. The largest absolute Gasteiger partial charge is 0.493 e. The van der Waals surface area contributed by atoms with Crippen molar-refractivity contribution in [1.29, 1.82) is 0 Å². The number of thioether (sulfide) groups is 1. The van der Waals surface area contributed by atoms with Crippen molar-refractivity contribution in [2.24, 2.45) is 0 Å². The van der Waals surface area contributed by atoms with Crippen LogP contribution in [0.25, 0.3) is 6.08 Å². The molecule has 2 aliphatic heterocycles. The number of anilines is 1. The number of carbonyl (C=O) groups excluding carboxylic acids is 2. The second kappa shape index (κ2) is 11.7. The van der Waals surface area contributed by atoms with Crippen LogP contribution in [-0.4, -0.2) is 54.0 Å². The van der Waals surface area contributed by atoms with E-state index in [-0.39, 0.29) is 24.5 Å². The minimum absolute atomic E-state index is 0.0426. The molecule has 0 aliphatic carbocycles. The lowest BCUT2D eigenvalue weighted by Crippen LogP contribution is -2.35. The van der Waals surface area contributed by atoms with Crippen LogP contribution in [0.15, 0.2) is 47.4 Å². The van der Waals surface area contributed by atoms with Crippen molar-refractivity contribution < 1.29 is 23.8 Å². The SMILES string of the molecule is CCc1ccccc1NC(=O)COc1ccc(/C=C2\SC(=S)N(C[C@@H]3CCCO3)C2=O)cc1OC. The van der Waals surface area contributed by atoms with Crippen LogP contribution in [0.4, 0.5) is 5.69 Å². The number of hydrogen-bond donors (Lipinski definition) is 1. The molecule has 0 bridgehead atoms. The van der Waals surface area contributed by atoms with Crippen molar-refractivity contribution >= 4 is 51.9 Å². The van der Waals surface area contributed by atoms with E-state index >= 15 is 0 Å². The number of hydrogen-bond acceptors (Lipinski definition) is 7. The third-order valence-corrected chi connectivity index (χ3v) is 7.18. The van der Waals surface area contributed by atoms with Gasteiger partial charge in [0.2, 0.25) is 0 Å². The Balaban J connectivity index is 1.40. The maximum atomic E-state index is 12.9. The molecular weight excluding hydrogens is 484 g/mol. The van der Waals surface area contributed by atoms with Gasteiger partial charge in [0, 0.05) is 12.3 Å². The van der Waals surface area contributed by atoms with E-state index in [4.69, 9.17) is 26.4 Å². The average molecular weight is 513 g/mol. The Morgan fingerprint density at radius 1 is 1.29 bits per heavy atom. The van der Waals surface area contributed by atoms with Gasteiger partial charge in [-0.2, -0.15) is 0 Å². The summed E-state index contributed by atoms with van der Waals surface area (Å²) in [7, 11) is 1.53. The maximum absolute atomic E-state index is 12.9. The van der Waals surface area contributed by atoms with E-state index in [9.17, 15) is 9.59 Å². The van der Waals surface area contributed by atoms with Crippen molar-refractivity contribution in [2.75, 3.05) is 32.2 Å². The zero-order valence-corrected chi connectivity index (χ0v) is 21.4. The molecule has 2 saturated heterocycles. The molecular formula is C26H28N2O5S2. The standard InChI is InChI=1S/C26H28N2O5S2/c1-3-18-7-4-5-9-20(18)27-24(29)16-33-21-11-10-17(13-22(21)31-2)14-23-25(30)28(26(34)35-23)15-19-8-6-12-32-19/h4-5,7,9-11,13-14,19H,3,6,8,12,15-16H2,1-2H3,(H,27,29)/b23-14-/t19-/m0/s1. The van der Waals surface area contributed by atoms with Gasteiger partial charge >= 0.3 is 0 Å². The summed E-state index contributed by atoms with van der Waals surface area (Å²) >= 11 is 6.71. The molecule has 0 aromatic heterocycles. The van der Waals surface area contributed by atoms with E-state index in [0.717, 1.165) is 42.7 Å². The summed E-state index contributed by atoms with van der Waals surface area (Å²) < 4.78 is 17.4. The summed E-state index contributed by atoms with van der Waals surface area (Å²) in [6, 6.07) is 13.0. The highest BCUT2D eigenvalue weighted by Crippen LogP contribution is 2.35. The predicted molar refractivity (Wildman–Crippen MR) is 142 cm³/mol. The molecule has 9 heteroatoms. The second-order valence-corrected chi connectivity index (χ2v) is 9.86.